The molecule has 1 saturated heterocycles. The van der Waals surface area contributed by atoms with Crippen molar-refractivity contribution < 1.29 is 0 Å². The van der Waals surface area contributed by atoms with E-state index in [2.05, 4.69) is 20.6 Å². The van der Waals surface area contributed by atoms with Crippen molar-refractivity contribution in [3.8, 4) is 11.4 Å². The molecule has 2 aromatic rings. The summed E-state index contributed by atoms with van der Waals surface area (Å²) in [6, 6.07) is 9.65. The van der Waals surface area contributed by atoms with Crippen molar-refractivity contribution >= 4 is 17.4 Å². The Kier molecular flexibility index (Phi) is 4.90. The van der Waals surface area contributed by atoms with Crippen LogP contribution < -0.4 is 10.6 Å². The molecule has 1 aromatic heterocycles. The minimum atomic E-state index is 0.701. The van der Waals surface area contributed by atoms with Gasteiger partial charge in [0.15, 0.2) is 5.82 Å². The smallest absolute Gasteiger partial charge is 0.161 e. The van der Waals surface area contributed by atoms with Crippen LogP contribution in [-0.4, -0.2) is 29.6 Å². The predicted octanol–water partition coefficient (Wildman–Crippen LogP) is 3.52. The molecule has 0 amide bonds. The summed E-state index contributed by atoms with van der Waals surface area (Å²) >= 11 is 6.06. The number of nitrogens with zero attached hydrogens (tertiary/aromatic N) is 2. The fraction of sp³-hybridized carbons (Fsp3) is 0.412. The van der Waals surface area contributed by atoms with Gasteiger partial charge in [-0.2, -0.15) is 0 Å². The van der Waals surface area contributed by atoms with Crippen molar-refractivity contribution in [3.05, 3.63) is 41.0 Å². The Balaban J connectivity index is 1.74. The Bertz CT molecular complexity index is 638. The molecule has 22 heavy (non-hydrogen) atoms. The molecule has 0 radical (unpaired) electrons. The molecule has 1 aliphatic rings. The van der Waals surface area contributed by atoms with E-state index >= 15 is 0 Å². The Morgan fingerprint density at radius 1 is 1.23 bits per heavy atom. The fourth-order valence-corrected chi connectivity index (χ4v) is 2.94. The van der Waals surface area contributed by atoms with Gasteiger partial charge in [-0.25, -0.2) is 9.97 Å². The van der Waals surface area contributed by atoms with E-state index in [1.165, 1.54) is 12.8 Å². The molecule has 2 N–H and O–H groups in total. The Hall–Kier alpha value is -1.65. The minimum absolute atomic E-state index is 0.701. The zero-order chi connectivity index (χ0) is 15.4. The van der Waals surface area contributed by atoms with E-state index in [9.17, 15) is 0 Å². The van der Waals surface area contributed by atoms with Crippen LogP contribution in [0.5, 0.6) is 0 Å². The van der Waals surface area contributed by atoms with E-state index in [4.69, 9.17) is 11.6 Å². The van der Waals surface area contributed by atoms with Crippen LogP contribution >= 0.6 is 11.6 Å². The molecule has 5 heteroatoms. The molecule has 0 atom stereocenters. The van der Waals surface area contributed by atoms with Gasteiger partial charge in [0.25, 0.3) is 0 Å². The van der Waals surface area contributed by atoms with Gasteiger partial charge >= 0.3 is 0 Å². The second-order valence-corrected chi connectivity index (χ2v) is 6.24. The summed E-state index contributed by atoms with van der Waals surface area (Å²) in [6.07, 6.45) is 2.44. The van der Waals surface area contributed by atoms with Gasteiger partial charge in [-0.3, -0.25) is 0 Å². The molecule has 4 nitrogen and oxygen atoms in total. The third kappa shape index (κ3) is 3.96. The number of anilines is 1. The first-order valence-corrected chi connectivity index (χ1v) is 8.15. The van der Waals surface area contributed by atoms with Crippen molar-refractivity contribution in [2.75, 3.05) is 25.0 Å². The third-order valence-electron chi connectivity index (χ3n) is 3.97. The summed E-state index contributed by atoms with van der Waals surface area (Å²) in [6.45, 7) is 5.18. The van der Waals surface area contributed by atoms with Crippen LogP contribution in [-0.2, 0) is 0 Å². The largest absolute Gasteiger partial charge is 0.370 e. The summed E-state index contributed by atoms with van der Waals surface area (Å²) in [5.74, 6) is 2.32. The highest BCUT2D eigenvalue weighted by Crippen LogP contribution is 2.21. The highest BCUT2D eigenvalue weighted by Gasteiger charge is 2.13. The van der Waals surface area contributed by atoms with Crippen LogP contribution in [0, 0.1) is 12.8 Å². The normalized spacial score (nSPS) is 15.7. The molecule has 0 saturated carbocycles. The Labute approximate surface area is 136 Å². The average molecular weight is 317 g/mol. The van der Waals surface area contributed by atoms with Crippen LogP contribution in [0.15, 0.2) is 30.3 Å². The maximum atomic E-state index is 6.06. The lowest BCUT2D eigenvalue weighted by Gasteiger charge is -2.23. The molecule has 1 fully saturated rings. The van der Waals surface area contributed by atoms with Crippen LogP contribution in [0.3, 0.4) is 0 Å². The lowest BCUT2D eigenvalue weighted by molar-refractivity contribution is 0.389. The van der Waals surface area contributed by atoms with Gasteiger partial charge < -0.3 is 10.6 Å². The van der Waals surface area contributed by atoms with E-state index in [0.29, 0.717) is 10.9 Å². The molecule has 0 bridgehead atoms. The molecule has 2 heterocycles. The number of hydrogen-bond donors (Lipinski definition) is 2. The van der Waals surface area contributed by atoms with Gasteiger partial charge in [-0.1, -0.05) is 23.7 Å². The molecule has 116 valence electrons. The van der Waals surface area contributed by atoms with E-state index in [1.807, 2.05) is 37.3 Å². The first-order valence-electron chi connectivity index (χ1n) is 7.77. The van der Waals surface area contributed by atoms with E-state index in [-0.39, 0.29) is 0 Å². The molecule has 1 aromatic carbocycles. The van der Waals surface area contributed by atoms with Gasteiger partial charge in [-0.15, -0.1) is 0 Å². The van der Waals surface area contributed by atoms with Crippen LogP contribution in [0.2, 0.25) is 5.02 Å². The fourth-order valence-electron chi connectivity index (χ4n) is 2.75. The van der Waals surface area contributed by atoms with Crippen LogP contribution in [0.1, 0.15) is 18.5 Å². The molecular weight excluding hydrogens is 296 g/mol. The third-order valence-corrected chi connectivity index (χ3v) is 4.20. The topological polar surface area (TPSA) is 49.8 Å². The SMILES string of the molecule is Cc1cc(NCC2CCNCC2)nc(-c2cccc(Cl)c2)n1. The van der Waals surface area contributed by atoms with Crippen molar-refractivity contribution in [3.63, 3.8) is 0 Å². The van der Waals surface area contributed by atoms with Gasteiger partial charge in [0.2, 0.25) is 0 Å². The number of aryl methyl sites for hydroxylation is 1. The quantitative estimate of drug-likeness (QED) is 0.906. The number of aromatic nitrogens is 2. The lowest BCUT2D eigenvalue weighted by atomic mass is 9.98. The number of piperidine rings is 1. The number of nitrogens with one attached hydrogen (secondary N) is 2. The summed E-state index contributed by atoms with van der Waals surface area (Å²) in [7, 11) is 0. The van der Waals surface area contributed by atoms with Gasteiger partial charge in [0.1, 0.15) is 5.82 Å². The molecule has 0 aliphatic carbocycles. The van der Waals surface area contributed by atoms with Crippen LogP contribution in [0.4, 0.5) is 5.82 Å². The summed E-state index contributed by atoms with van der Waals surface area (Å²) in [5, 5.41) is 7.56. The first-order chi connectivity index (χ1) is 10.7. The Morgan fingerprint density at radius 2 is 2.05 bits per heavy atom. The molecule has 0 unspecified atom stereocenters. The van der Waals surface area contributed by atoms with Crippen LogP contribution in [0.25, 0.3) is 11.4 Å². The van der Waals surface area contributed by atoms with Crippen molar-refractivity contribution in [1.82, 2.24) is 15.3 Å². The second kappa shape index (κ2) is 7.07. The zero-order valence-electron chi connectivity index (χ0n) is 12.8. The number of rotatable bonds is 4. The number of halogens is 1. The van der Waals surface area contributed by atoms with E-state index < -0.39 is 0 Å². The van der Waals surface area contributed by atoms with Gasteiger partial charge in [0, 0.05) is 28.9 Å². The van der Waals surface area contributed by atoms with E-state index in [1.54, 1.807) is 0 Å². The van der Waals surface area contributed by atoms with Crippen molar-refractivity contribution in [1.29, 1.82) is 0 Å². The predicted molar refractivity (Wildman–Crippen MR) is 91.3 cm³/mol. The highest BCUT2D eigenvalue weighted by molar-refractivity contribution is 6.30. The molecule has 0 spiro atoms. The van der Waals surface area contributed by atoms with Gasteiger partial charge in [-0.05, 0) is 50.9 Å². The molecule has 3 rings (SSSR count). The standard InChI is InChI=1S/C17H21ClN4/c1-12-9-16(20-11-13-5-7-19-8-6-13)22-17(21-12)14-3-2-4-15(18)10-14/h2-4,9-10,13,19H,5-8,11H2,1H3,(H,20,21,22). The molecule has 1 aliphatic heterocycles. The van der Waals surface area contributed by atoms with Crippen molar-refractivity contribution in [2.24, 2.45) is 5.92 Å². The first kappa shape index (κ1) is 15.3. The number of benzene rings is 1. The van der Waals surface area contributed by atoms with E-state index in [0.717, 1.165) is 42.5 Å². The number of hydrogen-bond acceptors (Lipinski definition) is 4. The molecular formula is C17H21ClN4. The minimum Gasteiger partial charge on any atom is -0.370 e. The Morgan fingerprint density at radius 3 is 2.82 bits per heavy atom. The maximum absolute atomic E-state index is 6.06. The lowest BCUT2D eigenvalue weighted by Crippen LogP contribution is -2.31. The zero-order valence-corrected chi connectivity index (χ0v) is 13.5. The summed E-state index contributed by atoms with van der Waals surface area (Å²) < 4.78 is 0. The monoisotopic (exact) mass is 316 g/mol. The second-order valence-electron chi connectivity index (χ2n) is 5.80. The highest BCUT2D eigenvalue weighted by atomic mass is 35.5. The summed E-state index contributed by atoms with van der Waals surface area (Å²) in [5.41, 5.74) is 1.90. The maximum Gasteiger partial charge on any atom is 0.161 e. The average Bonchev–Trinajstić information content (AvgIpc) is 2.53. The van der Waals surface area contributed by atoms with Gasteiger partial charge in [0.05, 0.1) is 0 Å². The summed E-state index contributed by atoms with van der Waals surface area (Å²) in [4.78, 5) is 9.15. The van der Waals surface area contributed by atoms with Crippen molar-refractivity contribution in [2.45, 2.75) is 19.8 Å².